The van der Waals surface area contributed by atoms with E-state index >= 15 is 0 Å². The van der Waals surface area contributed by atoms with Gasteiger partial charge >= 0.3 is 0 Å². The van der Waals surface area contributed by atoms with Crippen molar-refractivity contribution in [2.75, 3.05) is 19.5 Å². The van der Waals surface area contributed by atoms with E-state index in [-0.39, 0.29) is 0 Å². The molecule has 0 radical (unpaired) electrons. The average Bonchev–Trinajstić information content (AvgIpc) is 3.37. The summed E-state index contributed by atoms with van der Waals surface area (Å²) in [5, 5.41) is 3.33. The Morgan fingerprint density at radius 2 is 2.09 bits per heavy atom. The van der Waals surface area contributed by atoms with E-state index < -0.39 is 0 Å². The smallest absolute Gasteiger partial charge is 0.174 e. The maximum atomic E-state index is 5.36. The monoisotopic (exact) mass is 363 g/mol. The van der Waals surface area contributed by atoms with Crippen LogP contribution in [-0.2, 0) is 6.54 Å². The molecule has 1 fully saturated rings. The average molecular weight is 364 g/mol. The molecule has 1 aliphatic rings. The molecule has 1 aromatic carbocycles. The predicted octanol–water partition coefficient (Wildman–Crippen LogP) is 3.75. The third-order valence-corrected chi connectivity index (χ3v) is 4.17. The van der Waals surface area contributed by atoms with Crippen LogP contribution in [-0.4, -0.2) is 24.2 Å². The Morgan fingerprint density at radius 3 is 2.77 bits per heavy atom. The number of halogens is 1. The van der Waals surface area contributed by atoms with E-state index in [1.807, 2.05) is 24.4 Å². The van der Waals surface area contributed by atoms with Gasteiger partial charge in [-0.1, -0.05) is 0 Å². The molecule has 22 heavy (non-hydrogen) atoms. The van der Waals surface area contributed by atoms with Crippen LogP contribution >= 0.6 is 15.9 Å². The minimum atomic E-state index is 0.553. The van der Waals surface area contributed by atoms with E-state index in [4.69, 9.17) is 9.47 Å². The van der Waals surface area contributed by atoms with Gasteiger partial charge in [-0.15, -0.1) is 0 Å². The Labute approximate surface area is 138 Å². The maximum Gasteiger partial charge on any atom is 0.174 e. The van der Waals surface area contributed by atoms with Crippen LogP contribution in [0.15, 0.2) is 28.9 Å². The molecule has 1 N–H and O–H groups in total. The molecule has 0 spiro atoms. The number of nitrogens with one attached hydrogen (secondary N) is 1. The number of methoxy groups -OCH3 is 2. The second-order valence-electron chi connectivity index (χ2n) is 5.24. The standard InChI is InChI=1S/C16H18BrN3O2/c1-21-13-8-10(7-12(17)15(13)22-2)9-19-14-5-6-18-16(20-14)11-3-4-11/h5-8,11H,3-4,9H2,1-2H3,(H,18,19,20). The van der Waals surface area contributed by atoms with Crippen molar-refractivity contribution in [1.29, 1.82) is 0 Å². The molecule has 0 bridgehead atoms. The van der Waals surface area contributed by atoms with Crippen LogP contribution in [0.2, 0.25) is 0 Å². The normalized spacial score (nSPS) is 13.8. The number of aromatic nitrogens is 2. The SMILES string of the molecule is COc1cc(CNc2ccnc(C3CC3)n2)cc(Br)c1OC. The van der Waals surface area contributed by atoms with Gasteiger partial charge < -0.3 is 14.8 Å². The summed E-state index contributed by atoms with van der Waals surface area (Å²) < 4.78 is 11.5. The summed E-state index contributed by atoms with van der Waals surface area (Å²) in [4.78, 5) is 8.88. The number of nitrogens with zero attached hydrogens (tertiary/aromatic N) is 2. The lowest BCUT2D eigenvalue weighted by Crippen LogP contribution is -2.04. The molecule has 0 saturated heterocycles. The molecule has 1 saturated carbocycles. The first-order chi connectivity index (χ1) is 10.7. The van der Waals surface area contributed by atoms with Gasteiger partial charge in [-0.2, -0.15) is 0 Å². The zero-order valence-electron chi connectivity index (χ0n) is 12.6. The Bertz CT molecular complexity index is 674. The number of anilines is 1. The molecule has 3 rings (SSSR count). The van der Waals surface area contributed by atoms with Gasteiger partial charge in [0.2, 0.25) is 0 Å². The van der Waals surface area contributed by atoms with Crippen molar-refractivity contribution < 1.29 is 9.47 Å². The predicted molar refractivity (Wildman–Crippen MR) is 88.6 cm³/mol. The summed E-state index contributed by atoms with van der Waals surface area (Å²) in [6.07, 6.45) is 4.21. The quantitative estimate of drug-likeness (QED) is 0.846. The molecule has 0 unspecified atom stereocenters. The van der Waals surface area contributed by atoms with Crippen molar-refractivity contribution in [3.63, 3.8) is 0 Å². The van der Waals surface area contributed by atoms with Crippen LogP contribution in [0.3, 0.4) is 0 Å². The molecule has 5 nitrogen and oxygen atoms in total. The van der Waals surface area contributed by atoms with Crippen LogP contribution in [0.4, 0.5) is 5.82 Å². The molecule has 1 aromatic heterocycles. The molecular weight excluding hydrogens is 346 g/mol. The molecule has 6 heteroatoms. The number of hydrogen-bond donors (Lipinski definition) is 1. The number of hydrogen-bond acceptors (Lipinski definition) is 5. The van der Waals surface area contributed by atoms with E-state index in [0.717, 1.165) is 21.7 Å². The number of rotatable bonds is 6. The Hall–Kier alpha value is -1.82. The Morgan fingerprint density at radius 1 is 1.27 bits per heavy atom. The topological polar surface area (TPSA) is 56.3 Å². The lowest BCUT2D eigenvalue weighted by molar-refractivity contribution is 0.352. The molecule has 1 aliphatic carbocycles. The zero-order chi connectivity index (χ0) is 15.5. The van der Waals surface area contributed by atoms with Crippen LogP contribution in [0.1, 0.15) is 30.1 Å². The summed E-state index contributed by atoms with van der Waals surface area (Å²) in [6, 6.07) is 5.86. The summed E-state index contributed by atoms with van der Waals surface area (Å²) >= 11 is 3.51. The van der Waals surface area contributed by atoms with Gasteiger partial charge in [0.25, 0.3) is 0 Å². The molecule has 0 atom stereocenters. The van der Waals surface area contributed by atoms with E-state index in [0.29, 0.717) is 24.0 Å². The van der Waals surface area contributed by atoms with Gasteiger partial charge in [0, 0.05) is 18.7 Å². The summed E-state index contributed by atoms with van der Waals surface area (Å²) in [7, 11) is 3.26. The second kappa shape index (κ2) is 6.52. The largest absolute Gasteiger partial charge is 0.493 e. The van der Waals surface area contributed by atoms with Gasteiger partial charge in [0.1, 0.15) is 11.6 Å². The van der Waals surface area contributed by atoms with Crippen molar-refractivity contribution >= 4 is 21.7 Å². The van der Waals surface area contributed by atoms with Gasteiger partial charge in [-0.05, 0) is 52.5 Å². The highest BCUT2D eigenvalue weighted by atomic mass is 79.9. The zero-order valence-corrected chi connectivity index (χ0v) is 14.2. The Kier molecular flexibility index (Phi) is 4.47. The van der Waals surface area contributed by atoms with E-state index in [2.05, 4.69) is 31.2 Å². The first-order valence-electron chi connectivity index (χ1n) is 7.18. The lowest BCUT2D eigenvalue weighted by Gasteiger charge is -2.13. The highest BCUT2D eigenvalue weighted by Gasteiger charge is 2.26. The van der Waals surface area contributed by atoms with Gasteiger partial charge in [0.15, 0.2) is 11.5 Å². The van der Waals surface area contributed by atoms with E-state index in [1.165, 1.54) is 12.8 Å². The summed E-state index contributed by atoms with van der Waals surface area (Å²) in [5.74, 6) is 3.75. The fourth-order valence-electron chi connectivity index (χ4n) is 2.28. The van der Waals surface area contributed by atoms with Crippen molar-refractivity contribution in [2.45, 2.75) is 25.3 Å². The Balaban J connectivity index is 1.73. The van der Waals surface area contributed by atoms with Crippen molar-refractivity contribution in [3.05, 3.63) is 40.3 Å². The molecular formula is C16H18BrN3O2. The lowest BCUT2D eigenvalue weighted by atomic mass is 10.2. The molecule has 2 aromatic rings. The molecule has 0 aliphatic heterocycles. The van der Waals surface area contributed by atoms with Crippen molar-refractivity contribution in [1.82, 2.24) is 9.97 Å². The number of ether oxygens (including phenoxy) is 2. The van der Waals surface area contributed by atoms with Crippen LogP contribution < -0.4 is 14.8 Å². The minimum Gasteiger partial charge on any atom is -0.493 e. The fraction of sp³-hybridized carbons (Fsp3) is 0.375. The van der Waals surface area contributed by atoms with Crippen molar-refractivity contribution in [2.24, 2.45) is 0 Å². The third-order valence-electron chi connectivity index (χ3n) is 3.58. The third kappa shape index (κ3) is 3.32. The molecule has 0 amide bonds. The fourth-order valence-corrected chi connectivity index (χ4v) is 2.93. The van der Waals surface area contributed by atoms with E-state index in [9.17, 15) is 0 Å². The van der Waals surface area contributed by atoms with Gasteiger partial charge in [-0.3, -0.25) is 0 Å². The first-order valence-corrected chi connectivity index (χ1v) is 7.97. The van der Waals surface area contributed by atoms with Gasteiger partial charge in [0.05, 0.1) is 18.7 Å². The number of benzene rings is 1. The minimum absolute atomic E-state index is 0.553. The van der Waals surface area contributed by atoms with E-state index in [1.54, 1.807) is 14.2 Å². The van der Waals surface area contributed by atoms with Crippen molar-refractivity contribution in [3.8, 4) is 11.5 Å². The molecule has 116 valence electrons. The van der Waals surface area contributed by atoms with Gasteiger partial charge in [-0.25, -0.2) is 9.97 Å². The van der Waals surface area contributed by atoms with Crippen LogP contribution in [0.5, 0.6) is 11.5 Å². The maximum absolute atomic E-state index is 5.36. The summed E-state index contributed by atoms with van der Waals surface area (Å²) in [6.45, 7) is 0.653. The van der Waals surface area contributed by atoms with Crippen LogP contribution in [0, 0.1) is 0 Å². The summed E-state index contributed by atoms with van der Waals surface area (Å²) in [5.41, 5.74) is 1.08. The highest BCUT2D eigenvalue weighted by molar-refractivity contribution is 9.10. The first kappa shape index (κ1) is 15.1. The highest BCUT2D eigenvalue weighted by Crippen LogP contribution is 2.38. The molecule has 1 heterocycles. The van der Waals surface area contributed by atoms with Crippen LogP contribution in [0.25, 0.3) is 0 Å². The second-order valence-corrected chi connectivity index (χ2v) is 6.10.